The first-order valence-corrected chi connectivity index (χ1v) is 9.55. The van der Waals surface area contributed by atoms with Gasteiger partial charge in [-0.25, -0.2) is 4.39 Å². The van der Waals surface area contributed by atoms with Crippen LogP contribution in [0.3, 0.4) is 0 Å². The molecule has 3 rings (SSSR count). The van der Waals surface area contributed by atoms with Crippen molar-refractivity contribution in [2.75, 3.05) is 30.4 Å². The quantitative estimate of drug-likeness (QED) is 0.779. The average Bonchev–Trinajstić information content (AvgIpc) is 2.68. The van der Waals surface area contributed by atoms with Gasteiger partial charge < -0.3 is 15.0 Å². The molecule has 1 amide bonds. The van der Waals surface area contributed by atoms with Crippen molar-refractivity contribution < 1.29 is 13.9 Å². The Hall–Kier alpha value is -2.11. The van der Waals surface area contributed by atoms with Crippen molar-refractivity contribution in [2.45, 2.75) is 31.8 Å². The van der Waals surface area contributed by atoms with Crippen LogP contribution in [0, 0.1) is 5.82 Å². The lowest BCUT2D eigenvalue weighted by molar-refractivity contribution is -0.116. The number of carbonyl (C=O) groups excluding carboxylic acids is 1. The number of benzene rings is 2. The third-order valence-electron chi connectivity index (χ3n) is 4.96. The Morgan fingerprint density at radius 3 is 2.56 bits per heavy atom. The van der Waals surface area contributed by atoms with Crippen molar-refractivity contribution in [2.24, 2.45) is 0 Å². The molecule has 1 N–H and O–H groups in total. The van der Waals surface area contributed by atoms with Gasteiger partial charge in [0.05, 0.1) is 6.10 Å². The Morgan fingerprint density at radius 1 is 1.22 bits per heavy atom. The first-order valence-electron chi connectivity index (χ1n) is 9.17. The summed E-state index contributed by atoms with van der Waals surface area (Å²) in [7, 11) is 1.76. The number of rotatable bonds is 6. The normalized spacial score (nSPS) is 15.0. The standard InChI is InChI=1S/C21H24ClFN2O2/c1-27-17-11-13-25(14-12-17)16-7-5-15(6-8-16)24-21(26)10-9-18-19(22)3-2-4-20(18)23/h2-8,17H,9-14H2,1H3,(H,24,26). The number of hydrogen-bond acceptors (Lipinski definition) is 3. The highest BCUT2D eigenvalue weighted by molar-refractivity contribution is 6.31. The largest absolute Gasteiger partial charge is 0.381 e. The molecule has 1 aliphatic heterocycles. The highest BCUT2D eigenvalue weighted by Crippen LogP contribution is 2.24. The molecule has 0 radical (unpaired) electrons. The molecule has 0 unspecified atom stereocenters. The summed E-state index contributed by atoms with van der Waals surface area (Å²) < 4.78 is 19.2. The lowest BCUT2D eigenvalue weighted by Crippen LogP contribution is -2.36. The number of nitrogens with one attached hydrogen (secondary N) is 1. The molecule has 0 aliphatic carbocycles. The van der Waals surface area contributed by atoms with E-state index in [1.165, 1.54) is 6.07 Å². The molecule has 2 aromatic carbocycles. The minimum Gasteiger partial charge on any atom is -0.381 e. The van der Waals surface area contributed by atoms with E-state index in [-0.39, 0.29) is 24.6 Å². The molecule has 0 atom stereocenters. The molecule has 0 aromatic heterocycles. The zero-order chi connectivity index (χ0) is 19.2. The van der Waals surface area contributed by atoms with E-state index in [0.29, 0.717) is 16.7 Å². The van der Waals surface area contributed by atoms with Crippen LogP contribution in [0.15, 0.2) is 42.5 Å². The van der Waals surface area contributed by atoms with E-state index in [2.05, 4.69) is 10.2 Å². The maximum absolute atomic E-state index is 13.8. The van der Waals surface area contributed by atoms with Crippen LogP contribution in [0.2, 0.25) is 5.02 Å². The summed E-state index contributed by atoms with van der Waals surface area (Å²) in [5, 5.41) is 3.21. The topological polar surface area (TPSA) is 41.6 Å². The van der Waals surface area contributed by atoms with Crippen LogP contribution in [0.5, 0.6) is 0 Å². The smallest absolute Gasteiger partial charge is 0.224 e. The van der Waals surface area contributed by atoms with E-state index in [0.717, 1.165) is 37.3 Å². The number of carbonyl (C=O) groups is 1. The number of ether oxygens (including phenoxy) is 1. The molecule has 4 nitrogen and oxygen atoms in total. The summed E-state index contributed by atoms with van der Waals surface area (Å²) in [6.45, 7) is 1.93. The third-order valence-corrected chi connectivity index (χ3v) is 5.31. The molecule has 1 heterocycles. The van der Waals surface area contributed by atoms with E-state index in [9.17, 15) is 9.18 Å². The average molecular weight is 391 g/mol. The first kappa shape index (κ1) is 19.6. The fourth-order valence-electron chi connectivity index (χ4n) is 3.34. The Labute approximate surface area is 164 Å². The molecule has 1 fully saturated rings. The molecule has 144 valence electrons. The molecule has 6 heteroatoms. The predicted molar refractivity (Wildman–Crippen MR) is 107 cm³/mol. The molecule has 1 aliphatic rings. The van der Waals surface area contributed by atoms with Gasteiger partial charge in [-0.2, -0.15) is 0 Å². The second-order valence-electron chi connectivity index (χ2n) is 6.72. The van der Waals surface area contributed by atoms with Gasteiger partial charge in [0.25, 0.3) is 0 Å². The maximum Gasteiger partial charge on any atom is 0.224 e. The van der Waals surface area contributed by atoms with Gasteiger partial charge in [-0.3, -0.25) is 4.79 Å². The van der Waals surface area contributed by atoms with Crippen LogP contribution in [0.25, 0.3) is 0 Å². The fourth-order valence-corrected chi connectivity index (χ4v) is 3.60. The predicted octanol–water partition coefficient (Wildman–Crippen LogP) is 4.67. The lowest BCUT2D eigenvalue weighted by Gasteiger charge is -2.33. The van der Waals surface area contributed by atoms with Crippen molar-refractivity contribution in [1.29, 1.82) is 0 Å². The van der Waals surface area contributed by atoms with Crippen LogP contribution in [-0.2, 0) is 16.0 Å². The second kappa shape index (κ2) is 9.20. The Morgan fingerprint density at radius 2 is 1.93 bits per heavy atom. The van der Waals surface area contributed by atoms with E-state index >= 15 is 0 Å². The van der Waals surface area contributed by atoms with Crippen molar-refractivity contribution >= 4 is 28.9 Å². The van der Waals surface area contributed by atoms with E-state index in [1.54, 1.807) is 19.2 Å². The van der Waals surface area contributed by atoms with E-state index in [1.807, 2.05) is 24.3 Å². The molecule has 0 spiro atoms. The van der Waals surface area contributed by atoms with Gasteiger partial charge in [-0.15, -0.1) is 0 Å². The number of hydrogen-bond donors (Lipinski definition) is 1. The van der Waals surface area contributed by atoms with Gasteiger partial charge in [0.15, 0.2) is 0 Å². The highest BCUT2D eigenvalue weighted by Gasteiger charge is 2.18. The minimum atomic E-state index is -0.378. The van der Waals surface area contributed by atoms with Gasteiger partial charge in [-0.1, -0.05) is 17.7 Å². The van der Waals surface area contributed by atoms with Gasteiger partial charge in [0.1, 0.15) is 5.82 Å². The summed E-state index contributed by atoms with van der Waals surface area (Å²) in [5.74, 6) is -0.542. The minimum absolute atomic E-state index is 0.164. The zero-order valence-electron chi connectivity index (χ0n) is 15.4. The number of halogens is 2. The Balaban J connectivity index is 1.51. The molecule has 1 saturated heterocycles. The van der Waals surface area contributed by atoms with Crippen molar-refractivity contribution in [1.82, 2.24) is 0 Å². The highest BCUT2D eigenvalue weighted by atomic mass is 35.5. The van der Waals surface area contributed by atoms with Crippen molar-refractivity contribution in [3.63, 3.8) is 0 Å². The number of amides is 1. The number of anilines is 2. The van der Waals surface area contributed by atoms with Gasteiger partial charge in [0, 0.05) is 48.6 Å². The van der Waals surface area contributed by atoms with E-state index < -0.39 is 0 Å². The van der Waals surface area contributed by atoms with Gasteiger partial charge in [-0.05, 0) is 55.7 Å². The molecule has 0 bridgehead atoms. The summed E-state index contributed by atoms with van der Waals surface area (Å²) in [6, 6.07) is 12.4. The third kappa shape index (κ3) is 5.21. The maximum atomic E-state index is 13.8. The lowest BCUT2D eigenvalue weighted by atomic mass is 10.1. The number of nitrogens with zero attached hydrogens (tertiary/aromatic N) is 1. The monoisotopic (exact) mass is 390 g/mol. The van der Waals surface area contributed by atoms with Gasteiger partial charge in [0.2, 0.25) is 5.91 Å². The van der Waals surface area contributed by atoms with Crippen LogP contribution >= 0.6 is 11.6 Å². The summed E-state index contributed by atoms with van der Waals surface area (Å²) in [6.07, 6.45) is 2.83. The molecule has 0 saturated carbocycles. The van der Waals surface area contributed by atoms with Crippen LogP contribution in [0.1, 0.15) is 24.8 Å². The molecule has 2 aromatic rings. The number of methoxy groups -OCH3 is 1. The zero-order valence-corrected chi connectivity index (χ0v) is 16.1. The molecule has 27 heavy (non-hydrogen) atoms. The molecular formula is C21H24ClFN2O2. The molecular weight excluding hydrogens is 367 g/mol. The second-order valence-corrected chi connectivity index (χ2v) is 7.12. The summed E-state index contributed by atoms with van der Waals surface area (Å²) in [5.41, 5.74) is 2.25. The Kier molecular flexibility index (Phi) is 6.69. The SMILES string of the molecule is COC1CCN(c2ccc(NC(=O)CCc3c(F)cccc3Cl)cc2)CC1. The summed E-state index contributed by atoms with van der Waals surface area (Å²) in [4.78, 5) is 14.5. The Bertz CT molecular complexity index is 754. The van der Waals surface area contributed by atoms with E-state index in [4.69, 9.17) is 16.3 Å². The van der Waals surface area contributed by atoms with Crippen LogP contribution in [-0.4, -0.2) is 32.2 Å². The van der Waals surface area contributed by atoms with Crippen molar-refractivity contribution in [3.8, 4) is 0 Å². The number of piperidine rings is 1. The first-order chi connectivity index (χ1) is 13.1. The fraction of sp³-hybridized carbons (Fsp3) is 0.381. The summed E-state index contributed by atoms with van der Waals surface area (Å²) >= 11 is 6.00. The van der Waals surface area contributed by atoms with Crippen LogP contribution < -0.4 is 10.2 Å². The van der Waals surface area contributed by atoms with Gasteiger partial charge >= 0.3 is 0 Å². The van der Waals surface area contributed by atoms with Crippen LogP contribution in [0.4, 0.5) is 15.8 Å². The van der Waals surface area contributed by atoms with Crippen molar-refractivity contribution in [3.05, 3.63) is 58.9 Å².